The standard InChI is InChI=1S/C22H25N5O.ClH/c23-19-10-4-3-7-16(19)12-13-21(28)24-18-9-6-8-17(15-18)22-26-25-20-11-2-1-5-14-27(20)22;/h3-4,6-10,15H,1-2,5,11-14,23H2,(H,24,28);1H. The molecule has 1 aliphatic heterocycles. The minimum Gasteiger partial charge on any atom is -0.399 e. The van der Waals surface area contributed by atoms with Gasteiger partial charge in [0.15, 0.2) is 5.82 Å². The third-order valence-electron chi connectivity index (χ3n) is 5.19. The molecule has 1 aromatic heterocycles. The van der Waals surface area contributed by atoms with Gasteiger partial charge in [0.25, 0.3) is 0 Å². The van der Waals surface area contributed by atoms with Crippen LogP contribution < -0.4 is 11.1 Å². The zero-order chi connectivity index (χ0) is 19.3. The Kier molecular flexibility index (Phi) is 6.88. The van der Waals surface area contributed by atoms with E-state index in [2.05, 4.69) is 20.1 Å². The summed E-state index contributed by atoms with van der Waals surface area (Å²) in [5.74, 6) is 1.91. The van der Waals surface area contributed by atoms with E-state index in [-0.39, 0.29) is 18.3 Å². The average molecular weight is 412 g/mol. The Morgan fingerprint density at radius 2 is 1.93 bits per heavy atom. The molecule has 7 heteroatoms. The van der Waals surface area contributed by atoms with Gasteiger partial charge >= 0.3 is 0 Å². The number of aryl methyl sites for hydroxylation is 2. The van der Waals surface area contributed by atoms with Gasteiger partial charge in [0.2, 0.25) is 5.91 Å². The van der Waals surface area contributed by atoms with Crippen molar-refractivity contribution in [3.8, 4) is 11.4 Å². The number of para-hydroxylation sites is 1. The van der Waals surface area contributed by atoms with Gasteiger partial charge in [-0.05, 0) is 43.0 Å². The number of nitrogens with one attached hydrogen (secondary N) is 1. The SMILES string of the molecule is Cl.Nc1ccccc1CCC(=O)Nc1cccc(-c2nnc3n2CCCCC3)c1. The quantitative estimate of drug-likeness (QED) is 0.614. The molecule has 0 saturated heterocycles. The van der Waals surface area contributed by atoms with Crippen molar-refractivity contribution in [1.82, 2.24) is 14.8 Å². The lowest BCUT2D eigenvalue weighted by atomic mass is 10.1. The van der Waals surface area contributed by atoms with Crippen LogP contribution in [0, 0.1) is 0 Å². The highest BCUT2D eigenvalue weighted by atomic mass is 35.5. The van der Waals surface area contributed by atoms with Crippen molar-refractivity contribution < 1.29 is 4.79 Å². The summed E-state index contributed by atoms with van der Waals surface area (Å²) in [5, 5.41) is 11.8. The molecule has 0 saturated carbocycles. The van der Waals surface area contributed by atoms with Crippen LogP contribution in [-0.4, -0.2) is 20.7 Å². The molecule has 0 bridgehead atoms. The first-order valence-corrected chi connectivity index (χ1v) is 9.86. The number of carbonyl (C=O) groups excluding carboxylic acids is 1. The van der Waals surface area contributed by atoms with Crippen molar-refractivity contribution in [1.29, 1.82) is 0 Å². The summed E-state index contributed by atoms with van der Waals surface area (Å²) in [6.45, 7) is 0.951. The van der Waals surface area contributed by atoms with E-state index >= 15 is 0 Å². The van der Waals surface area contributed by atoms with Crippen molar-refractivity contribution in [2.75, 3.05) is 11.1 Å². The van der Waals surface area contributed by atoms with E-state index in [9.17, 15) is 4.79 Å². The third-order valence-corrected chi connectivity index (χ3v) is 5.19. The first-order valence-electron chi connectivity index (χ1n) is 9.86. The molecule has 0 radical (unpaired) electrons. The Hall–Kier alpha value is -2.86. The normalized spacial score (nSPS) is 13.1. The van der Waals surface area contributed by atoms with Crippen LogP contribution in [0.25, 0.3) is 11.4 Å². The van der Waals surface area contributed by atoms with Crippen LogP contribution in [0.1, 0.15) is 37.1 Å². The predicted molar refractivity (Wildman–Crippen MR) is 118 cm³/mol. The van der Waals surface area contributed by atoms with Crippen molar-refractivity contribution in [3.63, 3.8) is 0 Å². The molecule has 0 unspecified atom stereocenters. The Bertz CT molecular complexity index is 985. The van der Waals surface area contributed by atoms with Crippen LogP contribution in [0.3, 0.4) is 0 Å². The van der Waals surface area contributed by atoms with Crippen molar-refractivity contribution in [2.45, 2.75) is 45.1 Å². The van der Waals surface area contributed by atoms with Crippen LogP contribution in [0.2, 0.25) is 0 Å². The van der Waals surface area contributed by atoms with E-state index in [4.69, 9.17) is 5.73 Å². The fourth-order valence-corrected chi connectivity index (χ4v) is 3.67. The summed E-state index contributed by atoms with van der Waals surface area (Å²) >= 11 is 0. The molecule has 2 heterocycles. The molecule has 0 aliphatic carbocycles. The first kappa shape index (κ1) is 20.9. The zero-order valence-electron chi connectivity index (χ0n) is 16.3. The molecule has 2 aromatic carbocycles. The molecule has 0 spiro atoms. The second kappa shape index (κ2) is 9.56. The lowest BCUT2D eigenvalue weighted by Crippen LogP contribution is -2.13. The molecule has 3 aromatic rings. The maximum absolute atomic E-state index is 12.4. The van der Waals surface area contributed by atoms with Crippen LogP contribution in [0.15, 0.2) is 48.5 Å². The highest BCUT2D eigenvalue weighted by Crippen LogP contribution is 2.25. The summed E-state index contributed by atoms with van der Waals surface area (Å²) in [6.07, 6.45) is 5.53. The highest BCUT2D eigenvalue weighted by molar-refractivity contribution is 5.91. The maximum Gasteiger partial charge on any atom is 0.224 e. The maximum atomic E-state index is 12.4. The fourth-order valence-electron chi connectivity index (χ4n) is 3.67. The number of hydrogen-bond acceptors (Lipinski definition) is 4. The summed E-state index contributed by atoms with van der Waals surface area (Å²) in [4.78, 5) is 12.4. The highest BCUT2D eigenvalue weighted by Gasteiger charge is 2.16. The zero-order valence-corrected chi connectivity index (χ0v) is 17.1. The lowest BCUT2D eigenvalue weighted by molar-refractivity contribution is -0.116. The van der Waals surface area contributed by atoms with Crippen LogP contribution in [0.5, 0.6) is 0 Å². The van der Waals surface area contributed by atoms with Gasteiger partial charge in [-0.25, -0.2) is 0 Å². The number of nitrogens with two attached hydrogens (primary N) is 1. The van der Waals surface area contributed by atoms with Gasteiger partial charge < -0.3 is 15.6 Å². The number of halogens is 1. The minimum absolute atomic E-state index is 0. The second-order valence-corrected chi connectivity index (χ2v) is 7.23. The van der Waals surface area contributed by atoms with E-state index in [1.54, 1.807) is 0 Å². The number of carbonyl (C=O) groups is 1. The molecule has 3 N–H and O–H groups in total. The van der Waals surface area contributed by atoms with Crippen molar-refractivity contribution >= 4 is 29.7 Å². The van der Waals surface area contributed by atoms with Crippen LogP contribution in [0.4, 0.5) is 11.4 Å². The summed E-state index contributed by atoms with van der Waals surface area (Å²) in [6, 6.07) is 15.5. The number of fused-ring (bicyclic) bond motifs is 1. The fraction of sp³-hybridized carbons (Fsp3) is 0.318. The molecule has 1 amide bonds. The molecular formula is C22H26ClN5O. The Morgan fingerprint density at radius 3 is 2.79 bits per heavy atom. The molecule has 0 fully saturated rings. The van der Waals surface area contributed by atoms with Gasteiger partial charge in [-0.1, -0.05) is 36.8 Å². The predicted octanol–water partition coefficient (Wildman–Crippen LogP) is 4.25. The molecule has 1 aliphatic rings. The Labute approximate surface area is 176 Å². The molecule has 4 rings (SSSR count). The van der Waals surface area contributed by atoms with Crippen LogP contribution >= 0.6 is 12.4 Å². The molecule has 29 heavy (non-hydrogen) atoms. The largest absolute Gasteiger partial charge is 0.399 e. The molecule has 6 nitrogen and oxygen atoms in total. The van der Waals surface area contributed by atoms with Crippen LogP contribution in [-0.2, 0) is 24.2 Å². The minimum atomic E-state index is -0.0273. The molecular weight excluding hydrogens is 386 g/mol. The van der Waals surface area contributed by atoms with Gasteiger partial charge in [-0.2, -0.15) is 0 Å². The second-order valence-electron chi connectivity index (χ2n) is 7.23. The number of benzene rings is 2. The molecule has 152 valence electrons. The van der Waals surface area contributed by atoms with Gasteiger partial charge in [0, 0.05) is 36.3 Å². The van der Waals surface area contributed by atoms with E-state index in [1.165, 1.54) is 12.8 Å². The summed E-state index contributed by atoms with van der Waals surface area (Å²) in [7, 11) is 0. The van der Waals surface area contributed by atoms with Gasteiger partial charge in [-0.3, -0.25) is 4.79 Å². The smallest absolute Gasteiger partial charge is 0.224 e. The van der Waals surface area contributed by atoms with Crippen molar-refractivity contribution in [2.24, 2.45) is 0 Å². The van der Waals surface area contributed by atoms with Gasteiger partial charge in [0.05, 0.1) is 0 Å². The van der Waals surface area contributed by atoms with E-state index in [0.29, 0.717) is 12.8 Å². The van der Waals surface area contributed by atoms with E-state index in [1.807, 2.05) is 48.5 Å². The monoisotopic (exact) mass is 411 g/mol. The molecule has 0 atom stereocenters. The number of rotatable bonds is 5. The number of anilines is 2. The number of nitrogen functional groups attached to an aromatic ring is 1. The first-order chi connectivity index (χ1) is 13.7. The third kappa shape index (κ3) is 4.95. The van der Waals surface area contributed by atoms with Gasteiger partial charge in [0.1, 0.15) is 5.82 Å². The van der Waals surface area contributed by atoms with E-state index in [0.717, 1.165) is 53.5 Å². The van der Waals surface area contributed by atoms with Gasteiger partial charge in [-0.15, -0.1) is 22.6 Å². The average Bonchev–Trinajstić information content (AvgIpc) is 2.96. The van der Waals surface area contributed by atoms with Crippen molar-refractivity contribution in [3.05, 3.63) is 59.9 Å². The summed E-state index contributed by atoms with van der Waals surface area (Å²) in [5.41, 5.74) is 9.43. The number of hydrogen-bond donors (Lipinski definition) is 2. The number of amides is 1. The lowest BCUT2D eigenvalue weighted by Gasteiger charge is -2.10. The number of nitrogens with zero attached hydrogens (tertiary/aromatic N) is 3. The Balaban J connectivity index is 0.00000240. The summed E-state index contributed by atoms with van der Waals surface area (Å²) < 4.78 is 2.21. The topological polar surface area (TPSA) is 85.8 Å². The number of aromatic nitrogens is 3. The Morgan fingerprint density at radius 1 is 1.07 bits per heavy atom. The van der Waals surface area contributed by atoms with E-state index < -0.39 is 0 Å².